The third-order valence-electron chi connectivity index (χ3n) is 2.48. The van der Waals surface area contributed by atoms with E-state index in [1.165, 1.54) is 0 Å². The van der Waals surface area contributed by atoms with Gasteiger partial charge in [0.2, 0.25) is 0 Å². The lowest BCUT2D eigenvalue weighted by Gasteiger charge is -2.11. The summed E-state index contributed by atoms with van der Waals surface area (Å²) in [5.74, 6) is 2.08. The van der Waals surface area contributed by atoms with E-state index in [1.807, 2.05) is 12.1 Å². The molecule has 0 unspecified atom stereocenters. The monoisotopic (exact) mass is 323 g/mol. The molecule has 0 amide bonds. The lowest BCUT2D eigenvalue weighted by atomic mass is 10.2. The molecular weight excluding hydrogens is 310 g/mol. The third-order valence-corrected chi connectivity index (χ3v) is 3.08. The Morgan fingerprint density at radius 2 is 1.74 bits per heavy atom. The highest BCUT2D eigenvalue weighted by atomic mass is 79.9. The van der Waals surface area contributed by atoms with Gasteiger partial charge in [-0.05, 0) is 22.0 Å². The molecule has 0 saturated carbocycles. The van der Waals surface area contributed by atoms with Crippen molar-refractivity contribution in [2.45, 2.75) is 0 Å². The Bertz CT molecular complexity index is 568. The van der Waals surface area contributed by atoms with Gasteiger partial charge in [0, 0.05) is 23.9 Å². The van der Waals surface area contributed by atoms with Crippen LogP contribution < -0.4 is 20.5 Å². The SMILES string of the molecule is COc1cc(Nc2ncc(N)cc2Br)cc(OC)c1. The number of ether oxygens (including phenoxy) is 2. The Morgan fingerprint density at radius 3 is 2.26 bits per heavy atom. The fourth-order valence-corrected chi connectivity index (χ4v) is 2.03. The molecule has 0 aliphatic rings. The molecule has 0 radical (unpaired) electrons. The summed E-state index contributed by atoms with van der Waals surface area (Å²) >= 11 is 3.41. The molecule has 2 rings (SSSR count). The van der Waals surface area contributed by atoms with Gasteiger partial charge >= 0.3 is 0 Å². The van der Waals surface area contributed by atoms with Gasteiger partial charge in [0.1, 0.15) is 17.3 Å². The van der Waals surface area contributed by atoms with E-state index in [4.69, 9.17) is 15.2 Å². The maximum absolute atomic E-state index is 5.65. The molecule has 100 valence electrons. The molecule has 1 aromatic carbocycles. The lowest BCUT2D eigenvalue weighted by Crippen LogP contribution is -1.97. The number of nitrogens with zero attached hydrogens (tertiary/aromatic N) is 1. The second-order valence-electron chi connectivity index (χ2n) is 3.83. The number of hydrogen-bond acceptors (Lipinski definition) is 5. The topological polar surface area (TPSA) is 69.4 Å². The van der Waals surface area contributed by atoms with Crippen LogP contribution in [0.2, 0.25) is 0 Å². The molecule has 0 aliphatic heterocycles. The normalized spacial score (nSPS) is 10.1. The van der Waals surface area contributed by atoms with Crippen LogP contribution in [0.1, 0.15) is 0 Å². The quantitative estimate of drug-likeness (QED) is 0.904. The summed E-state index contributed by atoms with van der Waals surface area (Å²) in [5.41, 5.74) is 7.06. The molecule has 0 aliphatic carbocycles. The number of hydrogen-bond donors (Lipinski definition) is 2. The molecule has 5 nitrogen and oxygen atoms in total. The minimum absolute atomic E-state index is 0.598. The summed E-state index contributed by atoms with van der Waals surface area (Å²) in [7, 11) is 3.21. The first-order chi connectivity index (χ1) is 9.12. The third kappa shape index (κ3) is 3.29. The fourth-order valence-electron chi connectivity index (χ4n) is 1.56. The van der Waals surface area contributed by atoms with Crippen LogP contribution in [-0.2, 0) is 0 Å². The summed E-state index contributed by atoms with van der Waals surface area (Å²) in [6.45, 7) is 0. The highest BCUT2D eigenvalue weighted by Gasteiger charge is 2.06. The maximum atomic E-state index is 5.65. The zero-order valence-corrected chi connectivity index (χ0v) is 12.2. The number of anilines is 3. The second kappa shape index (κ2) is 5.79. The minimum atomic E-state index is 0.598. The zero-order valence-electron chi connectivity index (χ0n) is 10.6. The number of nitrogens with one attached hydrogen (secondary N) is 1. The minimum Gasteiger partial charge on any atom is -0.497 e. The molecule has 0 spiro atoms. The van der Waals surface area contributed by atoms with E-state index in [2.05, 4.69) is 26.2 Å². The van der Waals surface area contributed by atoms with Crippen LogP contribution >= 0.6 is 15.9 Å². The van der Waals surface area contributed by atoms with Crippen LogP contribution in [0.3, 0.4) is 0 Å². The lowest BCUT2D eigenvalue weighted by molar-refractivity contribution is 0.395. The molecule has 2 aromatic rings. The molecule has 0 saturated heterocycles. The molecule has 0 atom stereocenters. The van der Waals surface area contributed by atoms with Crippen LogP contribution in [0.15, 0.2) is 34.9 Å². The molecule has 19 heavy (non-hydrogen) atoms. The molecule has 0 fully saturated rings. The summed E-state index contributed by atoms with van der Waals surface area (Å²) in [6.07, 6.45) is 1.59. The van der Waals surface area contributed by atoms with Crippen molar-refractivity contribution in [1.82, 2.24) is 4.98 Å². The van der Waals surface area contributed by atoms with Crippen molar-refractivity contribution in [1.29, 1.82) is 0 Å². The van der Waals surface area contributed by atoms with Crippen LogP contribution in [0.4, 0.5) is 17.2 Å². The summed E-state index contributed by atoms with van der Waals surface area (Å²) in [5, 5.41) is 3.18. The average Bonchev–Trinajstić information content (AvgIpc) is 2.41. The van der Waals surface area contributed by atoms with Crippen molar-refractivity contribution in [3.63, 3.8) is 0 Å². The van der Waals surface area contributed by atoms with E-state index in [1.54, 1.807) is 32.5 Å². The van der Waals surface area contributed by atoms with Gasteiger partial charge in [-0.1, -0.05) is 0 Å². The predicted molar refractivity (Wildman–Crippen MR) is 79.2 cm³/mol. The van der Waals surface area contributed by atoms with Crippen LogP contribution in [0.25, 0.3) is 0 Å². The second-order valence-corrected chi connectivity index (χ2v) is 4.68. The van der Waals surface area contributed by atoms with Gasteiger partial charge in [-0.3, -0.25) is 0 Å². The van der Waals surface area contributed by atoms with Crippen molar-refractivity contribution in [3.8, 4) is 11.5 Å². The van der Waals surface area contributed by atoms with Gasteiger partial charge < -0.3 is 20.5 Å². The number of methoxy groups -OCH3 is 2. The van der Waals surface area contributed by atoms with Gasteiger partial charge in [-0.15, -0.1) is 0 Å². The molecule has 6 heteroatoms. The standard InChI is InChI=1S/C13H14BrN3O2/c1-18-10-4-9(5-11(6-10)19-2)17-13-12(14)3-8(15)7-16-13/h3-7H,15H2,1-2H3,(H,16,17). The Balaban J connectivity index is 2.31. The van der Waals surface area contributed by atoms with E-state index in [9.17, 15) is 0 Å². The number of pyridine rings is 1. The van der Waals surface area contributed by atoms with Crippen molar-refractivity contribution in [2.75, 3.05) is 25.3 Å². The van der Waals surface area contributed by atoms with Crippen molar-refractivity contribution < 1.29 is 9.47 Å². The summed E-state index contributed by atoms with van der Waals surface area (Å²) in [4.78, 5) is 4.22. The largest absolute Gasteiger partial charge is 0.497 e. The fraction of sp³-hybridized carbons (Fsp3) is 0.154. The Labute approximate surface area is 119 Å². The van der Waals surface area contributed by atoms with Gasteiger partial charge in [0.05, 0.1) is 30.6 Å². The van der Waals surface area contributed by atoms with Crippen LogP contribution in [0, 0.1) is 0 Å². The van der Waals surface area contributed by atoms with Gasteiger partial charge in [0.15, 0.2) is 0 Å². The Morgan fingerprint density at radius 1 is 1.11 bits per heavy atom. The number of nitrogens with two attached hydrogens (primary N) is 1. The molecule has 3 N–H and O–H groups in total. The van der Waals surface area contributed by atoms with E-state index < -0.39 is 0 Å². The van der Waals surface area contributed by atoms with Crippen molar-refractivity contribution in [2.24, 2.45) is 0 Å². The van der Waals surface area contributed by atoms with Crippen molar-refractivity contribution >= 4 is 33.1 Å². The van der Waals surface area contributed by atoms with E-state index in [-0.39, 0.29) is 0 Å². The zero-order chi connectivity index (χ0) is 13.8. The van der Waals surface area contributed by atoms with Gasteiger partial charge in [-0.25, -0.2) is 4.98 Å². The number of halogens is 1. The highest BCUT2D eigenvalue weighted by molar-refractivity contribution is 9.10. The first kappa shape index (κ1) is 13.5. The summed E-state index contributed by atoms with van der Waals surface area (Å²) in [6, 6.07) is 7.30. The highest BCUT2D eigenvalue weighted by Crippen LogP contribution is 2.30. The Hall–Kier alpha value is -1.95. The van der Waals surface area contributed by atoms with Crippen LogP contribution in [0.5, 0.6) is 11.5 Å². The van der Waals surface area contributed by atoms with E-state index in [0.29, 0.717) is 23.0 Å². The van der Waals surface area contributed by atoms with Crippen molar-refractivity contribution in [3.05, 3.63) is 34.9 Å². The number of rotatable bonds is 4. The average molecular weight is 324 g/mol. The summed E-state index contributed by atoms with van der Waals surface area (Å²) < 4.78 is 11.2. The molecular formula is C13H14BrN3O2. The molecule has 0 bridgehead atoms. The first-order valence-electron chi connectivity index (χ1n) is 5.53. The Kier molecular flexibility index (Phi) is 4.11. The number of benzene rings is 1. The molecule has 1 aromatic heterocycles. The van der Waals surface area contributed by atoms with Gasteiger partial charge in [-0.2, -0.15) is 0 Å². The van der Waals surface area contributed by atoms with Crippen LogP contribution in [-0.4, -0.2) is 19.2 Å². The predicted octanol–water partition coefficient (Wildman–Crippen LogP) is 3.19. The van der Waals surface area contributed by atoms with Gasteiger partial charge in [0.25, 0.3) is 0 Å². The smallest absolute Gasteiger partial charge is 0.144 e. The first-order valence-corrected chi connectivity index (χ1v) is 6.33. The maximum Gasteiger partial charge on any atom is 0.144 e. The van der Waals surface area contributed by atoms with E-state index >= 15 is 0 Å². The number of aromatic nitrogens is 1. The van der Waals surface area contributed by atoms with E-state index in [0.717, 1.165) is 10.2 Å². The molecule has 1 heterocycles. The number of nitrogen functional groups attached to an aromatic ring is 1.